The fourth-order valence-electron chi connectivity index (χ4n) is 1.92. The van der Waals surface area contributed by atoms with Crippen LogP contribution in [-0.4, -0.2) is 31.2 Å². The standard InChI is InChI=1S/C18H19N3O3/c1-13(20-18(23)15-8-4-3-5-9-15)17(22)21-19-12-14-7-6-10-16(11-14)24-2/h3-13H,1-2H3,(H,20,23)(H,21,22)/b19-12+. The molecule has 0 aromatic heterocycles. The smallest absolute Gasteiger partial charge is 0.262 e. The summed E-state index contributed by atoms with van der Waals surface area (Å²) in [5.74, 6) is -0.0118. The van der Waals surface area contributed by atoms with E-state index < -0.39 is 11.9 Å². The van der Waals surface area contributed by atoms with Crippen molar-refractivity contribution in [3.63, 3.8) is 0 Å². The Labute approximate surface area is 140 Å². The molecule has 0 aliphatic carbocycles. The first-order valence-electron chi connectivity index (χ1n) is 7.43. The number of methoxy groups -OCH3 is 1. The normalized spacial score (nSPS) is 11.8. The summed E-state index contributed by atoms with van der Waals surface area (Å²) in [6.45, 7) is 1.59. The van der Waals surface area contributed by atoms with E-state index in [1.165, 1.54) is 6.21 Å². The fraction of sp³-hybridized carbons (Fsp3) is 0.167. The minimum Gasteiger partial charge on any atom is -0.497 e. The van der Waals surface area contributed by atoms with Crippen molar-refractivity contribution in [2.75, 3.05) is 7.11 Å². The van der Waals surface area contributed by atoms with Crippen LogP contribution in [0.5, 0.6) is 5.75 Å². The Morgan fingerprint density at radius 2 is 1.88 bits per heavy atom. The van der Waals surface area contributed by atoms with E-state index in [9.17, 15) is 9.59 Å². The molecule has 2 aromatic carbocycles. The summed E-state index contributed by atoms with van der Waals surface area (Å²) in [6, 6.07) is 15.3. The zero-order chi connectivity index (χ0) is 17.4. The molecule has 6 nitrogen and oxygen atoms in total. The predicted octanol–water partition coefficient (Wildman–Crippen LogP) is 1.96. The average Bonchev–Trinajstić information content (AvgIpc) is 2.62. The van der Waals surface area contributed by atoms with E-state index in [0.717, 1.165) is 5.56 Å². The number of hydrazone groups is 1. The molecule has 6 heteroatoms. The molecular weight excluding hydrogens is 306 g/mol. The van der Waals surface area contributed by atoms with Gasteiger partial charge < -0.3 is 10.1 Å². The van der Waals surface area contributed by atoms with Gasteiger partial charge in [-0.25, -0.2) is 5.43 Å². The second-order valence-electron chi connectivity index (χ2n) is 5.07. The molecular formula is C18H19N3O3. The number of benzene rings is 2. The largest absolute Gasteiger partial charge is 0.497 e. The van der Waals surface area contributed by atoms with Crippen molar-refractivity contribution in [3.05, 3.63) is 65.7 Å². The highest BCUT2D eigenvalue weighted by atomic mass is 16.5. The molecule has 124 valence electrons. The van der Waals surface area contributed by atoms with Gasteiger partial charge in [0.2, 0.25) is 0 Å². The van der Waals surface area contributed by atoms with Gasteiger partial charge in [0.1, 0.15) is 11.8 Å². The first-order chi connectivity index (χ1) is 11.6. The summed E-state index contributed by atoms with van der Waals surface area (Å²) < 4.78 is 5.11. The average molecular weight is 325 g/mol. The number of hydrogen-bond donors (Lipinski definition) is 2. The molecule has 0 aliphatic heterocycles. The zero-order valence-electron chi connectivity index (χ0n) is 13.5. The topological polar surface area (TPSA) is 79.8 Å². The molecule has 2 amide bonds. The number of nitrogens with zero attached hydrogens (tertiary/aromatic N) is 1. The van der Waals surface area contributed by atoms with Crippen molar-refractivity contribution < 1.29 is 14.3 Å². The van der Waals surface area contributed by atoms with E-state index in [2.05, 4.69) is 15.8 Å². The van der Waals surface area contributed by atoms with Crippen LogP contribution in [0.15, 0.2) is 59.7 Å². The molecule has 0 saturated carbocycles. The van der Waals surface area contributed by atoms with Crippen LogP contribution >= 0.6 is 0 Å². The summed E-state index contributed by atoms with van der Waals surface area (Å²) in [5, 5.41) is 6.50. The number of nitrogens with one attached hydrogen (secondary N) is 2. The highest BCUT2D eigenvalue weighted by molar-refractivity contribution is 5.97. The summed E-state index contributed by atoms with van der Waals surface area (Å²) in [6.07, 6.45) is 1.51. The van der Waals surface area contributed by atoms with Crippen molar-refractivity contribution in [2.24, 2.45) is 5.10 Å². The van der Waals surface area contributed by atoms with Gasteiger partial charge in [0.05, 0.1) is 13.3 Å². The maximum absolute atomic E-state index is 12.0. The number of ether oxygens (including phenoxy) is 1. The van der Waals surface area contributed by atoms with Gasteiger partial charge in [-0.2, -0.15) is 5.10 Å². The molecule has 1 unspecified atom stereocenters. The summed E-state index contributed by atoms with van der Waals surface area (Å²) in [4.78, 5) is 23.9. The van der Waals surface area contributed by atoms with Crippen molar-refractivity contribution in [1.82, 2.24) is 10.7 Å². The number of amides is 2. The molecule has 1 atom stereocenters. The third-order valence-corrected chi connectivity index (χ3v) is 3.26. The van der Waals surface area contributed by atoms with E-state index in [4.69, 9.17) is 4.74 Å². The first-order valence-corrected chi connectivity index (χ1v) is 7.43. The Kier molecular flexibility index (Phi) is 6.08. The zero-order valence-corrected chi connectivity index (χ0v) is 13.5. The molecule has 0 bridgehead atoms. The quantitative estimate of drug-likeness (QED) is 0.629. The van der Waals surface area contributed by atoms with Gasteiger partial charge in [0.25, 0.3) is 11.8 Å². The van der Waals surface area contributed by atoms with Crippen LogP contribution < -0.4 is 15.5 Å². The molecule has 24 heavy (non-hydrogen) atoms. The minimum absolute atomic E-state index is 0.310. The number of hydrogen-bond acceptors (Lipinski definition) is 4. The highest BCUT2D eigenvalue weighted by Crippen LogP contribution is 2.10. The van der Waals surface area contributed by atoms with Crippen molar-refractivity contribution >= 4 is 18.0 Å². The third kappa shape index (κ3) is 4.95. The molecule has 2 rings (SSSR count). The third-order valence-electron chi connectivity index (χ3n) is 3.26. The molecule has 0 aliphatic rings. The molecule has 0 radical (unpaired) electrons. The van der Waals surface area contributed by atoms with Crippen LogP contribution in [0.3, 0.4) is 0 Å². The van der Waals surface area contributed by atoms with E-state index in [1.807, 2.05) is 24.3 Å². The van der Waals surface area contributed by atoms with Crippen LogP contribution in [0.4, 0.5) is 0 Å². The lowest BCUT2D eigenvalue weighted by molar-refractivity contribution is -0.122. The van der Waals surface area contributed by atoms with Crippen LogP contribution in [0.2, 0.25) is 0 Å². The number of rotatable bonds is 6. The van der Waals surface area contributed by atoms with Gasteiger partial charge in [-0.15, -0.1) is 0 Å². The van der Waals surface area contributed by atoms with Crippen molar-refractivity contribution in [1.29, 1.82) is 0 Å². The molecule has 0 heterocycles. The van der Waals surface area contributed by atoms with E-state index in [-0.39, 0.29) is 5.91 Å². The Morgan fingerprint density at radius 3 is 2.58 bits per heavy atom. The molecule has 2 N–H and O–H groups in total. The maximum atomic E-state index is 12.0. The SMILES string of the molecule is COc1cccc(/C=N/NC(=O)C(C)NC(=O)c2ccccc2)c1. The monoisotopic (exact) mass is 325 g/mol. The molecule has 0 saturated heterocycles. The van der Waals surface area contributed by atoms with Gasteiger partial charge in [0, 0.05) is 5.56 Å². The van der Waals surface area contributed by atoms with Crippen molar-refractivity contribution in [2.45, 2.75) is 13.0 Å². The minimum atomic E-state index is -0.708. The molecule has 0 fully saturated rings. The van der Waals surface area contributed by atoms with Crippen LogP contribution in [-0.2, 0) is 4.79 Å². The Morgan fingerprint density at radius 1 is 1.12 bits per heavy atom. The Hall–Kier alpha value is -3.15. The predicted molar refractivity (Wildman–Crippen MR) is 92.1 cm³/mol. The lowest BCUT2D eigenvalue weighted by Crippen LogP contribution is -2.43. The maximum Gasteiger partial charge on any atom is 0.262 e. The van der Waals surface area contributed by atoms with E-state index in [0.29, 0.717) is 11.3 Å². The number of carbonyl (C=O) groups is 2. The summed E-state index contributed by atoms with van der Waals surface area (Å²) in [5.41, 5.74) is 3.69. The highest BCUT2D eigenvalue weighted by Gasteiger charge is 2.15. The van der Waals surface area contributed by atoms with E-state index in [1.54, 1.807) is 44.4 Å². The van der Waals surface area contributed by atoms with Gasteiger partial charge in [-0.1, -0.05) is 30.3 Å². The fourth-order valence-corrected chi connectivity index (χ4v) is 1.92. The number of carbonyl (C=O) groups excluding carboxylic acids is 2. The van der Waals surface area contributed by atoms with Gasteiger partial charge in [-0.3, -0.25) is 9.59 Å². The second-order valence-corrected chi connectivity index (χ2v) is 5.07. The van der Waals surface area contributed by atoms with Gasteiger partial charge >= 0.3 is 0 Å². The first kappa shape index (κ1) is 17.2. The van der Waals surface area contributed by atoms with Gasteiger partial charge in [0.15, 0.2) is 0 Å². The van der Waals surface area contributed by atoms with Crippen LogP contribution in [0, 0.1) is 0 Å². The van der Waals surface area contributed by atoms with E-state index >= 15 is 0 Å². The molecule has 2 aromatic rings. The lowest BCUT2D eigenvalue weighted by atomic mass is 10.2. The van der Waals surface area contributed by atoms with Crippen LogP contribution in [0.1, 0.15) is 22.8 Å². The van der Waals surface area contributed by atoms with Gasteiger partial charge in [-0.05, 0) is 36.8 Å². The van der Waals surface area contributed by atoms with Crippen molar-refractivity contribution in [3.8, 4) is 5.75 Å². The lowest BCUT2D eigenvalue weighted by Gasteiger charge is -2.12. The molecule has 0 spiro atoms. The second kappa shape index (κ2) is 8.47. The van der Waals surface area contributed by atoms with Crippen LogP contribution in [0.25, 0.3) is 0 Å². The summed E-state index contributed by atoms with van der Waals surface area (Å²) >= 11 is 0. The Bertz CT molecular complexity index is 729. The Balaban J connectivity index is 1.87. The summed E-state index contributed by atoms with van der Waals surface area (Å²) in [7, 11) is 1.58.